The lowest BCUT2D eigenvalue weighted by Gasteiger charge is -2.16. The number of hydrogen-bond donors (Lipinski definition) is 3. The molecule has 112 valence electrons. The van der Waals surface area contributed by atoms with Gasteiger partial charge >= 0.3 is 0 Å². The van der Waals surface area contributed by atoms with Crippen LogP contribution in [0.15, 0.2) is 24.3 Å². The molecule has 0 saturated heterocycles. The number of hydrogen-bond acceptors (Lipinski definition) is 5. The summed E-state index contributed by atoms with van der Waals surface area (Å²) in [6, 6.07) is 7.25. The molecule has 1 fully saturated rings. The van der Waals surface area contributed by atoms with Gasteiger partial charge in [0.25, 0.3) is 0 Å². The summed E-state index contributed by atoms with van der Waals surface area (Å²) in [7, 11) is 1.62. The molecule has 1 unspecified atom stereocenters. The summed E-state index contributed by atoms with van der Waals surface area (Å²) in [5.41, 5.74) is 0.0660. The molecule has 1 aliphatic carbocycles. The Hall–Kier alpha value is -1.30. The molecule has 5 nitrogen and oxygen atoms in total. The first kappa shape index (κ1) is 15.1. The topological polar surface area (TPSA) is 71.0 Å². The number of ether oxygens (including phenoxy) is 2. The number of methoxy groups -OCH3 is 1. The molecule has 0 heterocycles. The summed E-state index contributed by atoms with van der Waals surface area (Å²) in [4.78, 5) is 0. The third-order valence-electron chi connectivity index (χ3n) is 3.67. The maximum atomic E-state index is 9.83. The van der Waals surface area contributed by atoms with Crippen molar-refractivity contribution in [3.63, 3.8) is 0 Å². The maximum absolute atomic E-state index is 9.83. The summed E-state index contributed by atoms with van der Waals surface area (Å²) >= 11 is 0. The van der Waals surface area contributed by atoms with E-state index in [2.05, 4.69) is 5.32 Å². The van der Waals surface area contributed by atoms with Crippen LogP contribution in [0.3, 0.4) is 0 Å². The lowest BCUT2D eigenvalue weighted by molar-refractivity contribution is 0.103. The van der Waals surface area contributed by atoms with Crippen molar-refractivity contribution < 1.29 is 19.7 Å². The molecule has 0 bridgehead atoms. The fourth-order valence-corrected chi connectivity index (χ4v) is 1.99. The molecule has 0 aliphatic heterocycles. The fourth-order valence-electron chi connectivity index (χ4n) is 1.99. The predicted octanol–water partition coefficient (Wildman–Crippen LogP) is 0.797. The Morgan fingerprint density at radius 3 is 2.45 bits per heavy atom. The van der Waals surface area contributed by atoms with Crippen molar-refractivity contribution in [1.29, 1.82) is 0 Å². The zero-order valence-electron chi connectivity index (χ0n) is 11.8. The van der Waals surface area contributed by atoms with Crippen molar-refractivity contribution >= 4 is 0 Å². The molecule has 0 radical (unpaired) electrons. The molecule has 2 rings (SSSR count). The quantitative estimate of drug-likeness (QED) is 0.624. The van der Waals surface area contributed by atoms with Gasteiger partial charge in [0, 0.05) is 25.1 Å². The Kier molecular flexibility index (Phi) is 5.23. The standard InChI is InChI=1S/C15H23NO4/c1-19-13-2-4-14(5-3-13)20-9-12(18)8-16-10-15(11-17)6-7-15/h2-5,12,16-18H,6-11H2,1H3. The minimum Gasteiger partial charge on any atom is -0.497 e. The van der Waals surface area contributed by atoms with Crippen LogP contribution >= 0.6 is 0 Å². The molecule has 1 saturated carbocycles. The van der Waals surface area contributed by atoms with E-state index in [9.17, 15) is 10.2 Å². The Morgan fingerprint density at radius 1 is 1.25 bits per heavy atom. The monoisotopic (exact) mass is 281 g/mol. The first-order valence-electron chi connectivity index (χ1n) is 6.94. The van der Waals surface area contributed by atoms with E-state index in [1.807, 2.05) is 24.3 Å². The van der Waals surface area contributed by atoms with E-state index >= 15 is 0 Å². The highest BCUT2D eigenvalue weighted by Crippen LogP contribution is 2.44. The molecule has 0 amide bonds. The average molecular weight is 281 g/mol. The van der Waals surface area contributed by atoms with Crippen LogP contribution < -0.4 is 14.8 Å². The van der Waals surface area contributed by atoms with E-state index in [1.165, 1.54) is 0 Å². The molecule has 1 aliphatic rings. The molecule has 5 heteroatoms. The third kappa shape index (κ3) is 4.37. The lowest BCUT2D eigenvalue weighted by Crippen LogP contribution is -2.35. The van der Waals surface area contributed by atoms with Crippen molar-refractivity contribution in [2.24, 2.45) is 5.41 Å². The van der Waals surface area contributed by atoms with E-state index in [0.717, 1.165) is 25.1 Å². The summed E-state index contributed by atoms with van der Waals surface area (Å²) < 4.78 is 10.6. The van der Waals surface area contributed by atoms with Crippen molar-refractivity contribution in [1.82, 2.24) is 5.32 Å². The molecular weight excluding hydrogens is 258 g/mol. The van der Waals surface area contributed by atoms with Gasteiger partial charge in [-0.3, -0.25) is 0 Å². The normalized spacial score (nSPS) is 17.6. The molecule has 1 atom stereocenters. The summed E-state index contributed by atoms with van der Waals surface area (Å²) in [5, 5.41) is 22.2. The summed E-state index contributed by atoms with van der Waals surface area (Å²) in [5.74, 6) is 1.48. The van der Waals surface area contributed by atoms with Crippen LogP contribution in [0, 0.1) is 5.41 Å². The number of aliphatic hydroxyl groups is 2. The van der Waals surface area contributed by atoms with Crippen molar-refractivity contribution in [3.05, 3.63) is 24.3 Å². The zero-order valence-corrected chi connectivity index (χ0v) is 11.8. The number of aliphatic hydroxyl groups excluding tert-OH is 2. The minimum atomic E-state index is -0.563. The van der Waals surface area contributed by atoms with Gasteiger partial charge in [0.2, 0.25) is 0 Å². The number of rotatable bonds is 9. The molecular formula is C15H23NO4. The van der Waals surface area contributed by atoms with Crippen LogP contribution in [0.2, 0.25) is 0 Å². The SMILES string of the molecule is COc1ccc(OCC(O)CNCC2(CO)CC2)cc1. The molecule has 20 heavy (non-hydrogen) atoms. The second-order valence-corrected chi connectivity index (χ2v) is 5.43. The van der Waals surface area contributed by atoms with Crippen LogP contribution in [-0.2, 0) is 0 Å². The third-order valence-corrected chi connectivity index (χ3v) is 3.67. The Balaban J connectivity index is 1.62. The van der Waals surface area contributed by atoms with Gasteiger partial charge in [0.05, 0.1) is 7.11 Å². The lowest BCUT2D eigenvalue weighted by atomic mass is 10.1. The van der Waals surface area contributed by atoms with Gasteiger partial charge in [-0.25, -0.2) is 0 Å². The molecule has 0 aromatic heterocycles. The first-order chi connectivity index (χ1) is 9.67. The fraction of sp³-hybridized carbons (Fsp3) is 0.600. The summed E-state index contributed by atoms with van der Waals surface area (Å²) in [6.45, 7) is 1.69. The van der Waals surface area contributed by atoms with Crippen molar-refractivity contribution in [2.75, 3.05) is 33.4 Å². The van der Waals surface area contributed by atoms with Gasteiger partial charge in [0.1, 0.15) is 24.2 Å². The van der Waals surface area contributed by atoms with Crippen LogP contribution in [0.4, 0.5) is 0 Å². The van der Waals surface area contributed by atoms with Crippen molar-refractivity contribution in [3.8, 4) is 11.5 Å². The zero-order chi connectivity index (χ0) is 14.4. The smallest absolute Gasteiger partial charge is 0.119 e. The average Bonchev–Trinajstić information content (AvgIpc) is 3.26. The highest BCUT2D eigenvalue weighted by atomic mass is 16.5. The van der Waals surface area contributed by atoms with E-state index in [0.29, 0.717) is 12.3 Å². The first-order valence-corrected chi connectivity index (χ1v) is 6.94. The summed E-state index contributed by atoms with van der Waals surface area (Å²) in [6.07, 6.45) is 1.57. The molecule has 1 aromatic rings. The van der Waals surface area contributed by atoms with Crippen LogP contribution in [-0.4, -0.2) is 49.7 Å². The molecule has 0 spiro atoms. The predicted molar refractivity (Wildman–Crippen MR) is 76.1 cm³/mol. The Bertz CT molecular complexity index is 403. The van der Waals surface area contributed by atoms with Crippen LogP contribution in [0.25, 0.3) is 0 Å². The van der Waals surface area contributed by atoms with E-state index in [1.54, 1.807) is 7.11 Å². The molecule has 1 aromatic carbocycles. The van der Waals surface area contributed by atoms with Crippen molar-refractivity contribution in [2.45, 2.75) is 18.9 Å². The van der Waals surface area contributed by atoms with E-state index in [-0.39, 0.29) is 18.6 Å². The van der Waals surface area contributed by atoms with Gasteiger partial charge < -0.3 is 25.0 Å². The number of benzene rings is 1. The maximum Gasteiger partial charge on any atom is 0.119 e. The van der Waals surface area contributed by atoms with Gasteiger partial charge in [-0.2, -0.15) is 0 Å². The molecule has 3 N–H and O–H groups in total. The minimum absolute atomic E-state index is 0.0660. The highest BCUT2D eigenvalue weighted by Gasteiger charge is 2.41. The van der Waals surface area contributed by atoms with E-state index < -0.39 is 6.10 Å². The van der Waals surface area contributed by atoms with Gasteiger partial charge in [-0.05, 0) is 37.1 Å². The highest BCUT2D eigenvalue weighted by molar-refractivity contribution is 5.31. The van der Waals surface area contributed by atoms with Gasteiger partial charge in [0.15, 0.2) is 0 Å². The largest absolute Gasteiger partial charge is 0.497 e. The van der Waals surface area contributed by atoms with Crippen LogP contribution in [0.1, 0.15) is 12.8 Å². The van der Waals surface area contributed by atoms with E-state index in [4.69, 9.17) is 9.47 Å². The van der Waals surface area contributed by atoms with Gasteiger partial charge in [-0.15, -0.1) is 0 Å². The van der Waals surface area contributed by atoms with Gasteiger partial charge in [-0.1, -0.05) is 0 Å². The number of nitrogens with one attached hydrogen (secondary N) is 1. The second-order valence-electron chi connectivity index (χ2n) is 5.43. The Morgan fingerprint density at radius 2 is 1.90 bits per heavy atom. The Labute approximate surface area is 119 Å². The second kappa shape index (κ2) is 6.92. The van der Waals surface area contributed by atoms with Crippen LogP contribution in [0.5, 0.6) is 11.5 Å².